The van der Waals surface area contributed by atoms with E-state index in [9.17, 15) is 9.59 Å². The average Bonchev–Trinajstić information content (AvgIpc) is 3.05. The highest BCUT2D eigenvalue weighted by Crippen LogP contribution is 2.40. The van der Waals surface area contributed by atoms with Crippen molar-refractivity contribution in [3.05, 3.63) is 88.6 Å². The molecular formula is C26H23ClN2O4. The Bertz CT molecular complexity index is 1270. The van der Waals surface area contributed by atoms with Crippen molar-refractivity contribution in [3.8, 4) is 11.5 Å². The number of carbonyl (C=O) groups is 2. The fourth-order valence-electron chi connectivity index (χ4n) is 3.79. The summed E-state index contributed by atoms with van der Waals surface area (Å²) in [5.74, 6) is -0.0149. The zero-order valence-electron chi connectivity index (χ0n) is 18.5. The predicted molar refractivity (Wildman–Crippen MR) is 130 cm³/mol. The van der Waals surface area contributed by atoms with Gasteiger partial charge in [-0.15, -0.1) is 0 Å². The van der Waals surface area contributed by atoms with Gasteiger partial charge in [0.25, 0.3) is 11.8 Å². The number of nitrogens with one attached hydrogen (secondary N) is 1. The van der Waals surface area contributed by atoms with Gasteiger partial charge < -0.3 is 14.8 Å². The maximum absolute atomic E-state index is 13.8. The van der Waals surface area contributed by atoms with E-state index in [0.717, 1.165) is 10.5 Å². The Morgan fingerprint density at radius 2 is 1.64 bits per heavy atom. The topological polar surface area (TPSA) is 67.9 Å². The van der Waals surface area contributed by atoms with Crippen LogP contribution >= 0.6 is 11.6 Å². The maximum Gasteiger partial charge on any atom is 0.282 e. The second-order valence-corrected chi connectivity index (χ2v) is 7.82. The van der Waals surface area contributed by atoms with E-state index in [2.05, 4.69) is 5.32 Å². The number of carbonyl (C=O) groups excluding carboxylic acids is 2. The van der Waals surface area contributed by atoms with Gasteiger partial charge in [-0.05, 0) is 55.8 Å². The smallest absolute Gasteiger partial charge is 0.282 e. The van der Waals surface area contributed by atoms with Crippen LogP contribution in [0.15, 0.2) is 72.4 Å². The third kappa shape index (κ3) is 4.17. The molecular weight excluding hydrogens is 440 g/mol. The predicted octanol–water partition coefficient (Wildman–Crippen LogP) is 5.45. The van der Waals surface area contributed by atoms with Crippen molar-refractivity contribution in [1.82, 2.24) is 0 Å². The van der Waals surface area contributed by atoms with E-state index >= 15 is 0 Å². The van der Waals surface area contributed by atoms with Crippen molar-refractivity contribution in [1.29, 1.82) is 0 Å². The summed E-state index contributed by atoms with van der Waals surface area (Å²) >= 11 is 6.10. The monoisotopic (exact) mass is 462 g/mol. The van der Waals surface area contributed by atoms with Gasteiger partial charge in [0, 0.05) is 16.3 Å². The van der Waals surface area contributed by atoms with Crippen LogP contribution in [-0.4, -0.2) is 25.5 Å². The van der Waals surface area contributed by atoms with Gasteiger partial charge in [-0.25, -0.2) is 4.90 Å². The molecule has 0 aliphatic carbocycles. The molecule has 0 fully saturated rings. The third-order valence-corrected chi connectivity index (χ3v) is 5.55. The summed E-state index contributed by atoms with van der Waals surface area (Å²) in [5.41, 5.74) is 2.78. The normalized spacial score (nSPS) is 13.5. The van der Waals surface area contributed by atoms with E-state index in [1.54, 1.807) is 60.7 Å². The van der Waals surface area contributed by atoms with Crippen LogP contribution < -0.4 is 19.7 Å². The Morgan fingerprint density at radius 1 is 0.939 bits per heavy atom. The summed E-state index contributed by atoms with van der Waals surface area (Å²) in [5, 5.41) is 3.76. The van der Waals surface area contributed by atoms with Gasteiger partial charge in [-0.2, -0.15) is 0 Å². The van der Waals surface area contributed by atoms with Crippen LogP contribution in [0.5, 0.6) is 11.5 Å². The molecule has 0 saturated heterocycles. The molecule has 4 rings (SSSR count). The van der Waals surface area contributed by atoms with E-state index in [1.165, 1.54) is 7.11 Å². The molecule has 0 saturated carbocycles. The van der Waals surface area contributed by atoms with Gasteiger partial charge in [0.1, 0.15) is 17.2 Å². The van der Waals surface area contributed by atoms with Gasteiger partial charge in [0.15, 0.2) is 0 Å². The summed E-state index contributed by atoms with van der Waals surface area (Å²) in [6.07, 6.45) is 0. The van der Waals surface area contributed by atoms with Crippen LogP contribution in [0.1, 0.15) is 18.1 Å². The van der Waals surface area contributed by atoms with Crippen LogP contribution in [0, 0.1) is 6.92 Å². The number of amides is 2. The molecule has 0 unspecified atom stereocenters. The number of para-hydroxylation sites is 3. The van der Waals surface area contributed by atoms with Gasteiger partial charge in [-0.1, -0.05) is 41.9 Å². The molecule has 2 amide bonds. The number of imide groups is 1. The van der Waals surface area contributed by atoms with Crippen molar-refractivity contribution in [2.24, 2.45) is 0 Å². The second kappa shape index (κ2) is 9.38. The standard InChI is InChI=1S/C26H23ClN2O4/c1-4-33-22-12-8-6-10-20(22)29-25(30)23(18-9-5-7-11-21(18)32-3)24(26(29)31)28-19-14-13-17(27)15-16(19)2/h5-15,28H,4H2,1-3H3. The second-order valence-electron chi connectivity index (χ2n) is 7.38. The Morgan fingerprint density at radius 3 is 2.33 bits per heavy atom. The number of hydrogen-bond donors (Lipinski definition) is 1. The molecule has 168 valence electrons. The molecule has 1 aliphatic rings. The lowest BCUT2D eigenvalue weighted by molar-refractivity contribution is -0.120. The first-order valence-corrected chi connectivity index (χ1v) is 10.9. The number of rotatable bonds is 7. The van der Waals surface area contributed by atoms with Crippen molar-refractivity contribution >= 4 is 40.4 Å². The summed E-state index contributed by atoms with van der Waals surface area (Å²) < 4.78 is 11.2. The largest absolute Gasteiger partial charge is 0.496 e. The minimum atomic E-state index is -0.484. The van der Waals surface area contributed by atoms with E-state index in [-0.39, 0.29) is 11.3 Å². The molecule has 33 heavy (non-hydrogen) atoms. The van der Waals surface area contributed by atoms with Gasteiger partial charge in [0.2, 0.25) is 0 Å². The molecule has 1 heterocycles. The first kappa shape index (κ1) is 22.4. The number of aryl methyl sites for hydroxylation is 1. The Kier molecular flexibility index (Phi) is 6.38. The number of halogens is 1. The zero-order chi connectivity index (χ0) is 23.5. The quantitative estimate of drug-likeness (QED) is 0.473. The van der Waals surface area contributed by atoms with Crippen LogP contribution in [0.25, 0.3) is 5.57 Å². The average molecular weight is 463 g/mol. The number of benzene rings is 3. The fourth-order valence-corrected chi connectivity index (χ4v) is 4.01. The molecule has 0 atom stereocenters. The number of ether oxygens (including phenoxy) is 2. The van der Waals surface area contributed by atoms with Crippen molar-refractivity contribution in [2.45, 2.75) is 13.8 Å². The van der Waals surface area contributed by atoms with E-state index in [0.29, 0.717) is 40.1 Å². The highest BCUT2D eigenvalue weighted by molar-refractivity contribution is 6.46. The molecule has 3 aromatic rings. The van der Waals surface area contributed by atoms with E-state index in [1.807, 2.05) is 19.9 Å². The van der Waals surface area contributed by atoms with E-state index in [4.69, 9.17) is 21.1 Å². The minimum absolute atomic E-state index is 0.154. The summed E-state index contributed by atoms with van der Waals surface area (Å²) in [6.45, 7) is 4.12. The molecule has 1 N–H and O–H groups in total. The lowest BCUT2D eigenvalue weighted by Gasteiger charge is -2.19. The Balaban J connectivity index is 1.89. The van der Waals surface area contributed by atoms with Crippen LogP contribution in [-0.2, 0) is 9.59 Å². The maximum atomic E-state index is 13.8. The first-order chi connectivity index (χ1) is 16.0. The third-order valence-electron chi connectivity index (χ3n) is 5.31. The molecule has 0 radical (unpaired) electrons. The van der Waals surface area contributed by atoms with Crippen molar-refractivity contribution < 1.29 is 19.1 Å². The van der Waals surface area contributed by atoms with Crippen molar-refractivity contribution in [2.75, 3.05) is 23.9 Å². The van der Waals surface area contributed by atoms with E-state index < -0.39 is 11.8 Å². The molecule has 0 bridgehead atoms. The Labute approximate surface area is 197 Å². The molecule has 1 aliphatic heterocycles. The number of hydrogen-bond acceptors (Lipinski definition) is 5. The van der Waals surface area contributed by atoms with Crippen molar-refractivity contribution in [3.63, 3.8) is 0 Å². The lowest BCUT2D eigenvalue weighted by Crippen LogP contribution is -2.32. The Hall–Kier alpha value is -3.77. The van der Waals surface area contributed by atoms with Crippen LogP contribution in [0.3, 0.4) is 0 Å². The fraction of sp³-hybridized carbons (Fsp3) is 0.154. The summed E-state index contributed by atoms with van der Waals surface area (Å²) in [6, 6.07) is 19.4. The number of anilines is 2. The van der Waals surface area contributed by atoms with Gasteiger partial charge in [-0.3, -0.25) is 9.59 Å². The SMILES string of the molecule is CCOc1ccccc1N1C(=O)C(Nc2ccc(Cl)cc2C)=C(c2ccccc2OC)C1=O. The number of nitrogens with zero attached hydrogens (tertiary/aromatic N) is 1. The molecule has 6 nitrogen and oxygen atoms in total. The van der Waals surface area contributed by atoms with Gasteiger partial charge >= 0.3 is 0 Å². The minimum Gasteiger partial charge on any atom is -0.496 e. The molecule has 3 aromatic carbocycles. The highest BCUT2D eigenvalue weighted by atomic mass is 35.5. The number of methoxy groups -OCH3 is 1. The molecule has 0 aromatic heterocycles. The lowest BCUT2D eigenvalue weighted by atomic mass is 10.0. The summed E-state index contributed by atoms with van der Waals surface area (Å²) in [4.78, 5) is 28.6. The molecule has 7 heteroatoms. The van der Waals surface area contributed by atoms with Gasteiger partial charge in [0.05, 0.1) is 25.0 Å². The summed E-state index contributed by atoms with van der Waals surface area (Å²) in [7, 11) is 1.53. The molecule has 0 spiro atoms. The van der Waals surface area contributed by atoms with Crippen LogP contribution in [0.4, 0.5) is 11.4 Å². The zero-order valence-corrected chi connectivity index (χ0v) is 19.3. The highest BCUT2D eigenvalue weighted by Gasteiger charge is 2.42. The van der Waals surface area contributed by atoms with Crippen LogP contribution in [0.2, 0.25) is 5.02 Å². The first-order valence-electron chi connectivity index (χ1n) is 10.5.